The molecule has 570 valence electrons. The topological polar surface area (TPSA) is 389 Å². The van der Waals surface area contributed by atoms with E-state index in [0.717, 1.165) is 15.3 Å². The predicted octanol–water partition coefficient (Wildman–Crippen LogP) is 2.68. The second-order valence-corrected chi connectivity index (χ2v) is 27.9. The summed E-state index contributed by atoms with van der Waals surface area (Å²) in [5.74, 6) is -5.67. The lowest BCUT2D eigenvalue weighted by Crippen LogP contribution is -2.60. The minimum atomic E-state index is -1.72. The second-order valence-electron chi connectivity index (χ2n) is 26.7. The number of amides is 7. The summed E-state index contributed by atoms with van der Waals surface area (Å²) in [7, 11) is 5.97. The number of hydrogen-bond donors (Lipinski definition) is 7. The number of carboxylic acids is 1. The number of carbonyl (C=O) groups excluding carboxylic acids is 7. The number of ether oxygens (including phenoxy) is 9. The summed E-state index contributed by atoms with van der Waals surface area (Å²) in [5.41, 5.74) is 1.78. The molecule has 7 rings (SSSR count). The van der Waals surface area contributed by atoms with E-state index in [0.29, 0.717) is 67.0 Å². The van der Waals surface area contributed by atoms with Crippen LogP contribution >= 0.6 is 11.3 Å². The zero-order valence-electron chi connectivity index (χ0n) is 60.5. The first-order valence-electron chi connectivity index (χ1n) is 34.9. The summed E-state index contributed by atoms with van der Waals surface area (Å²) in [5, 5.41) is 66.7. The monoisotopic (exact) mass is 1470 g/mol. The maximum absolute atomic E-state index is 15.0. The lowest BCUT2D eigenvalue weighted by Gasteiger charge is -2.41. The smallest absolute Gasteiger partial charge is 0.410 e. The van der Waals surface area contributed by atoms with Crippen LogP contribution in [0.4, 0.5) is 4.79 Å². The lowest BCUT2D eigenvalue weighted by atomic mass is 9.89. The van der Waals surface area contributed by atoms with Crippen LogP contribution < -0.4 is 15.4 Å². The van der Waals surface area contributed by atoms with E-state index in [1.54, 1.807) is 99.9 Å². The van der Waals surface area contributed by atoms with Gasteiger partial charge in [-0.05, 0) is 48.3 Å². The molecule has 31 nitrogen and oxygen atoms in total. The van der Waals surface area contributed by atoms with Crippen LogP contribution in [0.3, 0.4) is 0 Å². The largest absolute Gasteiger partial charge is 0.480 e. The number of benzene rings is 2. The number of methoxy groups -OCH3 is 2. The molecule has 103 heavy (non-hydrogen) atoms. The van der Waals surface area contributed by atoms with Crippen LogP contribution in [-0.4, -0.2) is 275 Å². The number of carbonyl (C=O) groups is 8. The molecular formula is C71H103N9O22S. The highest BCUT2D eigenvalue weighted by molar-refractivity contribution is 7.19. The molecule has 3 aliphatic heterocycles. The van der Waals surface area contributed by atoms with E-state index in [9.17, 15) is 63.9 Å². The quantitative estimate of drug-likeness (QED) is 0.0248. The van der Waals surface area contributed by atoms with Crippen LogP contribution in [0.15, 0.2) is 66.9 Å². The van der Waals surface area contributed by atoms with Gasteiger partial charge >= 0.3 is 12.1 Å². The molecule has 2 fully saturated rings. The normalized spacial score (nSPS) is 20.7. The first kappa shape index (κ1) is 82.7. The van der Waals surface area contributed by atoms with Crippen molar-refractivity contribution in [3.05, 3.63) is 88.6 Å². The Kier molecular flexibility index (Phi) is 32.1. The van der Waals surface area contributed by atoms with E-state index in [1.807, 2.05) is 19.9 Å². The molecule has 4 aromatic rings. The van der Waals surface area contributed by atoms with Crippen molar-refractivity contribution < 1.29 is 107 Å². The summed E-state index contributed by atoms with van der Waals surface area (Å²) >= 11 is 1.31. The molecular weight excluding hydrogens is 1360 g/mol. The van der Waals surface area contributed by atoms with Crippen LogP contribution in [-0.2, 0) is 97.6 Å². The highest BCUT2D eigenvalue weighted by Gasteiger charge is 2.47. The number of imide groups is 1. The fraction of sp³-hybridized carbons (Fsp3) is 0.634. The third-order valence-corrected chi connectivity index (χ3v) is 20.0. The number of likely N-dealkylation sites (N-methyl/N-ethyl adjacent to an activating group) is 2. The van der Waals surface area contributed by atoms with E-state index in [2.05, 4.69) is 20.9 Å². The number of likely N-dealkylation sites (tertiary alicyclic amines) is 1. The molecule has 0 bridgehead atoms. The summed E-state index contributed by atoms with van der Waals surface area (Å²) < 4.78 is 54.4. The minimum Gasteiger partial charge on any atom is -0.480 e. The van der Waals surface area contributed by atoms with Gasteiger partial charge in [0.1, 0.15) is 60.6 Å². The van der Waals surface area contributed by atoms with Gasteiger partial charge in [0.25, 0.3) is 11.8 Å². The Labute approximate surface area is 603 Å². The Morgan fingerprint density at radius 2 is 1.45 bits per heavy atom. The predicted molar refractivity (Wildman–Crippen MR) is 372 cm³/mol. The molecule has 5 heterocycles. The van der Waals surface area contributed by atoms with Gasteiger partial charge in [0.05, 0.1) is 115 Å². The van der Waals surface area contributed by atoms with Crippen LogP contribution in [0.25, 0.3) is 10.1 Å². The summed E-state index contributed by atoms with van der Waals surface area (Å²) in [4.78, 5) is 114. The molecule has 0 spiro atoms. The van der Waals surface area contributed by atoms with Gasteiger partial charge in [-0.15, -0.1) is 16.4 Å². The Balaban J connectivity index is 0.966. The third kappa shape index (κ3) is 22.2. The van der Waals surface area contributed by atoms with Crippen molar-refractivity contribution in [2.75, 3.05) is 94.3 Å². The van der Waals surface area contributed by atoms with Gasteiger partial charge in [-0.3, -0.25) is 38.6 Å². The number of nitrogens with one attached hydrogen (secondary N) is 2. The highest BCUT2D eigenvalue weighted by atomic mass is 32.1. The zero-order chi connectivity index (χ0) is 75.2. The van der Waals surface area contributed by atoms with Gasteiger partial charge in [0.15, 0.2) is 0 Å². The summed E-state index contributed by atoms with van der Waals surface area (Å²) in [6.07, 6.45) is -4.52. The maximum atomic E-state index is 15.0. The molecule has 0 aliphatic carbocycles. The fourth-order valence-electron chi connectivity index (χ4n) is 13.0. The number of rotatable bonds is 42. The first-order chi connectivity index (χ1) is 49.2. The SMILES string of the molecule is CCC(C)[C@@H]([C@@H](CC(=O)N1CCC[C@H]1[C@H](OC)[C@@H](C)C(=O)NC(Cc1ccccc1)C(=O)O)OC)N(C)C(=O)[C@@H](NC(=O)[C@H](C(C)C)N(C)C(=O)OCc1ccc(O[C@@H]2O[C@H](CO)[C@H](O)[C@H](O)[C@H]2O)c2cc(Cn3cc(COCCOCCOCCOCCN4C(=O)C=CC4=O)nn3)sc12)C(C)C. The number of fused-ring (bicyclic) bond motifs is 1. The highest BCUT2D eigenvalue weighted by Crippen LogP contribution is 2.39. The number of hydrogen-bond acceptors (Lipinski definition) is 24. The van der Waals surface area contributed by atoms with Crippen LogP contribution in [0.2, 0.25) is 0 Å². The Bertz CT molecular complexity index is 3450. The van der Waals surface area contributed by atoms with Crippen LogP contribution in [0.1, 0.15) is 95.8 Å². The number of aliphatic hydroxyl groups excluding tert-OH is 4. The lowest BCUT2D eigenvalue weighted by molar-refractivity contribution is -0.277. The number of nitrogens with zero attached hydrogens (tertiary/aromatic N) is 7. The molecule has 7 amide bonds. The Morgan fingerprint density at radius 1 is 0.786 bits per heavy atom. The van der Waals surface area contributed by atoms with Gasteiger partial charge in [0.2, 0.25) is 29.9 Å². The standard InChI is InChI=1S/C71H103N9O22S/c1-12-43(6)60(53(94-10)35-57(84)79-24-16-19-51(79)64(95-11)44(7)66(88)72-50(69(91)92)33-45-17-14-13-15-18-45)76(8)68(90)58(41(2)3)73-67(89)59(42(4)5)77(9)71(93)100-39-46-20-21-52(101-70-63(87)62(86)61(85)54(38-81)102-70)49-34-48(103-65(46)49)37-78-36-47(74-75-78)40-99-32-31-98-30-29-97-28-27-96-26-25-80-55(82)22-23-56(80)83/h13-15,17-18,20-23,34,36,41-44,50-51,53-54,58-64,70,81,85-87H,12,16,19,24-33,35,37-40H2,1-11H3,(H,72,88)(H,73,89)(H,91,92)/t43?,44-,50?,51+,53-,54-,58+,59+,60+,61+,62+,63-,64-,70-/m1/s1. The van der Waals surface area contributed by atoms with Crippen molar-refractivity contribution >= 4 is 68.9 Å². The summed E-state index contributed by atoms with van der Waals surface area (Å²) in [6, 6.07) is 9.29. The Hall–Kier alpha value is -7.60. The fourth-order valence-corrected chi connectivity index (χ4v) is 14.1. The van der Waals surface area contributed by atoms with Crippen LogP contribution in [0.5, 0.6) is 5.75 Å². The van der Waals surface area contributed by atoms with Crippen molar-refractivity contribution in [1.29, 1.82) is 0 Å². The molecule has 2 aromatic carbocycles. The molecule has 7 N–H and O–H groups in total. The van der Waals surface area contributed by atoms with Gasteiger partial charge in [-0.1, -0.05) is 96.5 Å². The van der Waals surface area contributed by atoms with Crippen molar-refractivity contribution in [2.45, 2.75) is 173 Å². The average molecular weight is 1470 g/mol. The third-order valence-electron chi connectivity index (χ3n) is 18.8. The molecule has 2 unspecified atom stereocenters. The molecule has 2 aromatic heterocycles. The van der Waals surface area contributed by atoms with E-state index in [4.69, 9.17) is 42.6 Å². The van der Waals surface area contributed by atoms with Gasteiger partial charge in [0, 0.05) is 74.0 Å². The first-order valence-corrected chi connectivity index (χ1v) is 35.7. The molecule has 0 saturated carbocycles. The number of aromatic nitrogens is 3. The number of thiophene rings is 1. The zero-order valence-corrected chi connectivity index (χ0v) is 61.3. The van der Waals surface area contributed by atoms with E-state index >= 15 is 0 Å². The van der Waals surface area contributed by atoms with E-state index in [1.165, 1.54) is 54.6 Å². The Morgan fingerprint density at radius 3 is 2.06 bits per heavy atom. The van der Waals surface area contributed by atoms with Gasteiger partial charge in [-0.25, -0.2) is 14.3 Å². The van der Waals surface area contributed by atoms with E-state index < -0.39 is 127 Å². The van der Waals surface area contributed by atoms with Crippen molar-refractivity contribution in [3.63, 3.8) is 0 Å². The van der Waals surface area contributed by atoms with Gasteiger partial charge < -0.3 is 88.6 Å². The number of aliphatic carboxylic acids is 1. The molecule has 3 aliphatic rings. The molecule has 2 saturated heterocycles. The maximum Gasteiger partial charge on any atom is 0.410 e. The van der Waals surface area contributed by atoms with Gasteiger partial charge in [-0.2, -0.15) is 0 Å². The van der Waals surface area contributed by atoms with E-state index in [-0.39, 0.29) is 95.0 Å². The van der Waals surface area contributed by atoms with Crippen molar-refractivity contribution in [3.8, 4) is 5.75 Å². The molecule has 32 heteroatoms. The summed E-state index contributed by atoms with van der Waals surface area (Å²) in [6.45, 7) is 14.5. The van der Waals surface area contributed by atoms with Crippen molar-refractivity contribution in [2.24, 2.45) is 23.7 Å². The molecule has 14 atom stereocenters. The average Bonchev–Trinajstić information content (AvgIpc) is 1.71. The van der Waals surface area contributed by atoms with Crippen LogP contribution in [0, 0.1) is 23.7 Å². The number of carboxylic acid groups (broad SMARTS) is 1. The number of aliphatic hydroxyl groups is 4. The van der Waals surface area contributed by atoms with Crippen molar-refractivity contribution in [1.82, 2.24) is 45.2 Å². The minimum absolute atomic E-state index is 0.0706. The second kappa shape index (κ2) is 40.0. The molecule has 0 radical (unpaired) electrons.